The van der Waals surface area contributed by atoms with Crippen LogP contribution in [0.4, 0.5) is 10.1 Å². The van der Waals surface area contributed by atoms with Crippen molar-refractivity contribution in [2.24, 2.45) is 5.92 Å². The average Bonchev–Trinajstić information content (AvgIpc) is 3.48. The van der Waals surface area contributed by atoms with E-state index in [0.717, 1.165) is 86.0 Å². The molecule has 0 bridgehead atoms. The van der Waals surface area contributed by atoms with Crippen LogP contribution in [0, 0.1) is 11.7 Å². The second-order valence-electron chi connectivity index (χ2n) is 12.1. The first kappa shape index (κ1) is 27.7. The van der Waals surface area contributed by atoms with Crippen LogP contribution in [0.15, 0.2) is 30.3 Å². The lowest BCUT2D eigenvalue weighted by Gasteiger charge is -2.44. The number of benzene rings is 1. The SMILES string of the molecule is CN(C)S(=O)(=O)NC(=O)c1cc(N2CCC3C(CCN3C3COC3)C2)c2c(C3CCC3)nn(-c3ccc(F)cc3)c2n1. The number of nitrogens with zero attached hydrogens (tertiary/aromatic N) is 6. The summed E-state index contributed by atoms with van der Waals surface area (Å²) in [6, 6.07) is 8.77. The van der Waals surface area contributed by atoms with Crippen LogP contribution in [-0.2, 0) is 14.9 Å². The van der Waals surface area contributed by atoms with Gasteiger partial charge in [-0.2, -0.15) is 17.8 Å². The highest BCUT2D eigenvalue weighted by Crippen LogP contribution is 2.44. The Morgan fingerprint density at radius 1 is 1.10 bits per heavy atom. The zero-order valence-electron chi connectivity index (χ0n) is 23.9. The molecular weight excluding hydrogens is 561 g/mol. The van der Waals surface area contributed by atoms with Crippen molar-refractivity contribution in [2.75, 3.05) is 51.8 Å². The van der Waals surface area contributed by atoms with E-state index < -0.39 is 16.1 Å². The number of likely N-dealkylation sites (tertiary alicyclic amines) is 1. The molecule has 1 N–H and O–H groups in total. The zero-order valence-corrected chi connectivity index (χ0v) is 24.7. The summed E-state index contributed by atoms with van der Waals surface area (Å²) in [5, 5.41) is 5.90. The van der Waals surface area contributed by atoms with E-state index in [0.29, 0.717) is 29.3 Å². The molecule has 0 radical (unpaired) electrons. The maximum atomic E-state index is 13.8. The first-order valence-corrected chi connectivity index (χ1v) is 16.2. The molecule has 2 atom stereocenters. The highest BCUT2D eigenvalue weighted by molar-refractivity contribution is 7.87. The molecule has 3 aromatic rings. The number of nitrogens with one attached hydrogen (secondary N) is 1. The molecule has 1 aliphatic carbocycles. The fourth-order valence-corrected chi connectivity index (χ4v) is 7.31. The van der Waals surface area contributed by atoms with Gasteiger partial charge in [0.05, 0.1) is 41.7 Å². The van der Waals surface area contributed by atoms with Gasteiger partial charge in [-0.25, -0.2) is 18.8 Å². The predicted octanol–water partition coefficient (Wildman–Crippen LogP) is 2.66. The van der Waals surface area contributed by atoms with Gasteiger partial charge in [0.1, 0.15) is 11.5 Å². The minimum Gasteiger partial charge on any atom is -0.378 e. The van der Waals surface area contributed by atoms with Crippen molar-refractivity contribution in [3.63, 3.8) is 0 Å². The lowest BCUT2D eigenvalue weighted by atomic mass is 9.81. The minimum absolute atomic E-state index is 0.00636. The summed E-state index contributed by atoms with van der Waals surface area (Å²) < 4.78 is 49.2. The summed E-state index contributed by atoms with van der Waals surface area (Å²) in [5.74, 6) is -0.426. The normalized spacial score (nSPS) is 23.7. The van der Waals surface area contributed by atoms with Gasteiger partial charge in [0.15, 0.2) is 5.65 Å². The molecule has 7 rings (SSSR count). The van der Waals surface area contributed by atoms with Crippen LogP contribution >= 0.6 is 0 Å². The van der Waals surface area contributed by atoms with Gasteiger partial charge in [0.2, 0.25) is 0 Å². The molecule has 5 heterocycles. The molecule has 4 aliphatic rings. The Morgan fingerprint density at radius 2 is 1.86 bits per heavy atom. The molecule has 3 saturated heterocycles. The standard InChI is InChI=1S/C29H36FN7O4S/c1-34(2)42(39,40)33-29(38)23-14-25(35-12-11-24-19(15-35)10-13-36(24)22-16-41-17-22)26-27(18-4-3-5-18)32-37(28(26)31-23)21-8-6-20(30)7-9-21/h6-9,14,18-19,22,24H,3-5,10-13,15-17H2,1-2H3,(H,33,38). The highest BCUT2D eigenvalue weighted by atomic mass is 32.2. The van der Waals surface area contributed by atoms with Crippen molar-refractivity contribution in [1.29, 1.82) is 0 Å². The zero-order chi connectivity index (χ0) is 29.2. The van der Waals surface area contributed by atoms with Crippen LogP contribution in [0.1, 0.15) is 54.2 Å². The van der Waals surface area contributed by atoms with Crippen LogP contribution in [0.25, 0.3) is 16.7 Å². The van der Waals surface area contributed by atoms with Crippen molar-refractivity contribution in [3.05, 3.63) is 47.5 Å². The number of hydrogen-bond acceptors (Lipinski definition) is 8. The molecule has 13 heteroatoms. The van der Waals surface area contributed by atoms with Crippen molar-refractivity contribution < 1.29 is 22.3 Å². The smallest absolute Gasteiger partial charge is 0.303 e. The van der Waals surface area contributed by atoms with Crippen molar-refractivity contribution in [2.45, 2.75) is 50.1 Å². The number of rotatable bonds is 7. The predicted molar refractivity (Wildman–Crippen MR) is 156 cm³/mol. The van der Waals surface area contributed by atoms with E-state index >= 15 is 0 Å². The van der Waals surface area contributed by atoms with E-state index in [4.69, 9.17) is 14.8 Å². The number of carbonyl (C=O) groups is 1. The molecule has 2 aromatic heterocycles. The van der Waals surface area contributed by atoms with E-state index in [1.54, 1.807) is 22.9 Å². The van der Waals surface area contributed by atoms with Gasteiger partial charge in [-0.1, -0.05) is 6.42 Å². The number of carbonyl (C=O) groups excluding carboxylic acids is 1. The third kappa shape index (κ3) is 4.76. The minimum atomic E-state index is -4.03. The molecule has 4 fully saturated rings. The Balaban J connectivity index is 1.34. The van der Waals surface area contributed by atoms with Crippen molar-refractivity contribution in [1.82, 2.24) is 28.7 Å². The molecule has 1 aromatic carbocycles. The van der Waals surface area contributed by atoms with E-state index in [9.17, 15) is 17.6 Å². The number of anilines is 1. The number of hydrogen-bond donors (Lipinski definition) is 1. The van der Waals surface area contributed by atoms with Crippen molar-refractivity contribution >= 4 is 32.8 Å². The molecule has 0 spiro atoms. The molecule has 224 valence electrons. The maximum absolute atomic E-state index is 13.8. The first-order chi connectivity index (χ1) is 20.2. The maximum Gasteiger partial charge on any atom is 0.303 e. The summed E-state index contributed by atoms with van der Waals surface area (Å²) in [5.41, 5.74) is 2.87. The fraction of sp³-hybridized carbons (Fsp3) is 0.552. The van der Waals surface area contributed by atoms with Crippen LogP contribution in [0.3, 0.4) is 0 Å². The van der Waals surface area contributed by atoms with Gasteiger partial charge >= 0.3 is 10.2 Å². The first-order valence-electron chi connectivity index (χ1n) is 14.7. The van der Waals surface area contributed by atoms with Crippen LogP contribution in [0.2, 0.25) is 0 Å². The fourth-order valence-electron chi connectivity index (χ4n) is 6.79. The lowest BCUT2D eigenvalue weighted by molar-refractivity contribution is -0.0732. The van der Waals surface area contributed by atoms with Gasteiger partial charge in [0.25, 0.3) is 5.91 Å². The molecule has 11 nitrogen and oxygen atoms in total. The summed E-state index contributed by atoms with van der Waals surface area (Å²) in [7, 11) is -1.31. The number of piperidine rings is 1. The Hall–Kier alpha value is -3.13. The number of pyridine rings is 1. The molecular formula is C29H36FN7O4S. The quantitative estimate of drug-likeness (QED) is 0.443. The molecule has 42 heavy (non-hydrogen) atoms. The summed E-state index contributed by atoms with van der Waals surface area (Å²) in [6.45, 7) is 4.30. The van der Waals surface area contributed by atoms with Crippen molar-refractivity contribution in [3.8, 4) is 5.69 Å². The van der Waals surface area contributed by atoms with Crippen LogP contribution in [0.5, 0.6) is 0 Å². The summed E-state index contributed by atoms with van der Waals surface area (Å²) >= 11 is 0. The van der Waals surface area contributed by atoms with Crippen LogP contribution < -0.4 is 9.62 Å². The number of aromatic nitrogens is 3. The lowest BCUT2D eigenvalue weighted by Crippen LogP contribution is -2.54. The Kier molecular flexibility index (Phi) is 6.95. The Bertz CT molecular complexity index is 1620. The van der Waals surface area contributed by atoms with Gasteiger partial charge in [-0.15, -0.1) is 0 Å². The second kappa shape index (κ2) is 10.5. The monoisotopic (exact) mass is 597 g/mol. The van der Waals surface area contributed by atoms with Gasteiger partial charge in [-0.05, 0) is 68.5 Å². The number of halogens is 1. The van der Waals surface area contributed by atoms with E-state index in [1.807, 2.05) is 0 Å². The third-order valence-corrected chi connectivity index (χ3v) is 10.9. The topological polar surface area (TPSA) is 113 Å². The second-order valence-corrected chi connectivity index (χ2v) is 14.0. The number of fused-ring (bicyclic) bond motifs is 2. The van der Waals surface area contributed by atoms with E-state index in [1.165, 1.54) is 26.2 Å². The Morgan fingerprint density at radius 3 is 2.50 bits per heavy atom. The largest absolute Gasteiger partial charge is 0.378 e. The van der Waals surface area contributed by atoms with Crippen LogP contribution in [-0.4, -0.2) is 97.3 Å². The molecule has 1 amide bonds. The van der Waals surface area contributed by atoms with Gasteiger partial charge in [0, 0.05) is 39.1 Å². The highest BCUT2D eigenvalue weighted by Gasteiger charge is 2.43. The molecule has 3 aliphatic heterocycles. The average molecular weight is 598 g/mol. The van der Waals surface area contributed by atoms with Gasteiger partial charge < -0.3 is 9.64 Å². The summed E-state index contributed by atoms with van der Waals surface area (Å²) in [4.78, 5) is 23.1. The number of ether oxygens (including phenoxy) is 1. The number of amides is 1. The third-order valence-electron chi connectivity index (χ3n) is 9.45. The summed E-state index contributed by atoms with van der Waals surface area (Å²) in [6.07, 6.45) is 5.25. The Labute approximate surface area is 244 Å². The molecule has 1 saturated carbocycles. The molecule has 2 unspecified atom stereocenters. The van der Waals surface area contributed by atoms with Gasteiger partial charge in [-0.3, -0.25) is 9.69 Å². The van der Waals surface area contributed by atoms with E-state index in [2.05, 4.69) is 14.5 Å². The van der Waals surface area contributed by atoms with E-state index in [-0.39, 0.29) is 17.4 Å².